The van der Waals surface area contributed by atoms with E-state index in [1.807, 2.05) is 5.01 Å². The van der Waals surface area contributed by atoms with Gasteiger partial charge in [0.1, 0.15) is 0 Å². The molecule has 0 aromatic heterocycles. The highest BCUT2D eigenvalue weighted by atomic mass is 19.4. The molecule has 0 aromatic rings. The first-order valence-electron chi connectivity index (χ1n) is 12.9. The number of hydrazone groups is 1. The number of ether oxygens (including phenoxy) is 2. The number of hydrogen-bond acceptors (Lipinski definition) is 9. The summed E-state index contributed by atoms with van der Waals surface area (Å²) in [6.07, 6.45) is -0.0304. The van der Waals surface area contributed by atoms with Gasteiger partial charge in [-0.1, -0.05) is 5.10 Å². The summed E-state index contributed by atoms with van der Waals surface area (Å²) in [5.41, 5.74) is 0. The second-order valence-electron chi connectivity index (χ2n) is 9.95. The van der Waals surface area contributed by atoms with Crippen LogP contribution in [-0.2, 0) is 28.7 Å². The average Bonchev–Trinajstić information content (AvgIpc) is 2.90. The normalized spacial score (nSPS) is 27.1. The van der Waals surface area contributed by atoms with Crippen LogP contribution in [0, 0.1) is 11.8 Å². The maximum absolute atomic E-state index is 13.4. The summed E-state index contributed by atoms with van der Waals surface area (Å²) >= 11 is 0. The third kappa shape index (κ3) is 7.91. The molecule has 37 heavy (non-hydrogen) atoms. The van der Waals surface area contributed by atoms with Crippen molar-refractivity contribution in [2.24, 2.45) is 16.9 Å². The Kier molecular flexibility index (Phi) is 10.3. The van der Waals surface area contributed by atoms with Crippen LogP contribution in [-0.4, -0.2) is 85.1 Å². The van der Waals surface area contributed by atoms with Gasteiger partial charge in [-0.05, 0) is 70.4 Å². The summed E-state index contributed by atoms with van der Waals surface area (Å²) in [6, 6.07) is 0.103. The van der Waals surface area contributed by atoms with E-state index in [1.165, 1.54) is 12.0 Å². The van der Waals surface area contributed by atoms with E-state index in [2.05, 4.69) is 15.2 Å². The van der Waals surface area contributed by atoms with Crippen LogP contribution >= 0.6 is 0 Å². The number of methoxy groups -OCH3 is 1. The van der Waals surface area contributed by atoms with Gasteiger partial charge in [0.05, 0.1) is 13.2 Å². The summed E-state index contributed by atoms with van der Waals surface area (Å²) in [4.78, 5) is 48.8. The predicted octanol–water partition coefficient (Wildman–Crippen LogP) is 2.47. The van der Waals surface area contributed by atoms with Gasteiger partial charge in [0.15, 0.2) is 6.23 Å². The lowest BCUT2D eigenvalue weighted by Gasteiger charge is -2.43. The summed E-state index contributed by atoms with van der Waals surface area (Å²) in [6.45, 7) is 1.80. The highest BCUT2D eigenvalue weighted by Crippen LogP contribution is 2.35. The molecular formula is C24H35F3N4O6. The molecule has 1 saturated carbocycles. The molecule has 3 rings (SSSR count). The second-order valence-corrected chi connectivity index (χ2v) is 9.95. The Balaban J connectivity index is 1.63. The minimum Gasteiger partial charge on any atom is -0.469 e. The number of hydrogen-bond donors (Lipinski definition) is 1. The highest BCUT2D eigenvalue weighted by molar-refractivity contribution is 5.80. The lowest BCUT2D eigenvalue weighted by molar-refractivity contribution is -0.217. The van der Waals surface area contributed by atoms with Gasteiger partial charge in [-0.15, -0.1) is 0 Å². The van der Waals surface area contributed by atoms with Gasteiger partial charge in [0, 0.05) is 31.3 Å². The molecule has 13 heteroatoms. The molecule has 0 radical (unpaired) electrons. The van der Waals surface area contributed by atoms with Crippen LogP contribution in [0.5, 0.6) is 0 Å². The molecule has 2 aliphatic heterocycles. The third-order valence-corrected chi connectivity index (χ3v) is 7.66. The number of alkyl halides is 3. The van der Waals surface area contributed by atoms with Gasteiger partial charge in [0.2, 0.25) is 5.91 Å². The molecule has 1 amide bonds. The van der Waals surface area contributed by atoms with Gasteiger partial charge >= 0.3 is 18.1 Å². The van der Waals surface area contributed by atoms with Crippen LogP contribution in [0.1, 0.15) is 64.2 Å². The van der Waals surface area contributed by atoms with Crippen molar-refractivity contribution in [3.05, 3.63) is 0 Å². The summed E-state index contributed by atoms with van der Waals surface area (Å²) in [7, 11) is 1.25. The molecule has 2 saturated heterocycles. The standard InChI is InChI=1S/C24H35F3N4O6/c1-36-21(33)7-2-16-10-13-30(20(14-16)37-23(35)24(25,26)27)22(34)17-3-5-18(6-4-17)31(29-15-32)19-8-11-28-12-9-19/h16-20,28H,2-14H2,1H3. The van der Waals surface area contributed by atoms with E-state index in [9.17, 15) is 32.3 Å². The van der Waals surface area contributed by atoms with Gasteiger partial charge in [-0.2, -0.15) is 13.2 Å². The van der Waals surface area contributed by atoms with Crippen molar-refractivity contribution in [3.8, 4) is 0 Å². The van der Waals surface area contributed by atoms with E-state index >= 15 is 0 Å². The topological polar surface area (TPSA) is 118 Å². The van der Waals surface area contributed by atoms with Crippen LogP contribution in [0.3, 0.4) is 0 Å². The molecule has 208 valence electrons. The van der Waals surface area contributed by atoms with Crippen LogP contribution in [0.15, 0.2) is 5.10 Å². The van der Waals surface area contributed by atoms with Crippen molar-refractivity contribution < 1.29 is 41.8 Å². The molecule has 1 aliphatic carbocycles. The molecule has 2 atom stereocenters. The van der Waals surface area contributed by atoms with Crippen molar-refractivity contribution >= 4 is 23.9 Å². The Labute approximate surface area is 213 Å². The van der Waals surface area contributed by atoms with Crippen LogP contribution in [0.2, 0.25) is 0 Å². The summed E-state index contributed by atoms with van der Waals surface area (Å²) in [5, 5.41) is 9.04. The molecule has 0 aromatic carbocycles. The number of piperidine rings is 2. The smallest absolute Gasteiger partial charge is 0.469 e. The number of nitrogens with zero attached hydrogens (tertiary/aromatic N) is 3. The number of carbonyl (C=O) groups excluding carboxylic acids is 4. The second kappa shape index (κ2) is 13.2. The molecule has 0 bridgehead atoms. The number of isocyanates is 1. The average molecular weight is 533 g/mol. The minimum atomic E-state index is -5.18. The maximum atomic E-state index is 13.4. The molecule has 1 N–H and O–H groups in total. The fourth-order valence-electron chi connectivity index (χ4n) is 5.64. The Morgan fingerprint density at radius 2 is 1.70 bits per heavy atom. The Hall–Kier alpha value is -2.66. The monoisotopic (exact) mass is 532 g/mol. The lowest BCUT2D eigenvalue weighted by atomic mass is 9.83. The first kappa shape index (κ1) is 28.9. The number of amides is 1. The van der Waals surface area contributed by atoms with Gasteiger partial charge < -0.3 is 19.7 Å². The van der Waals surface area contributed by atoms with E-state index in [4.69, 9.17) is 4.74 Å². The number of rotatable bonds is 8. The quantitative estimate of drug-likeness (QED) is 0.219. The molecule has 2 heterocycles. The third-order valence-electron chi connectivity index (χ3n) is 7.66. The number of halogens is 3. The zero-order valence-corrected chi connectivity index (χ0v) is 21.0. The van der Waals surface area contributed by atoms with E-state index in [0.717, 1.165) is 25.9 Å². The Morgan fingerprint density at radius 3 is 2.30 bits per heavy atom. The highest BCUT2D eigenvalue weighted by Gasteiger charge is 2.46. The van der Waals surface area contributed by atoms with E-state index in [1.54, 1.807) is 6.08 Å². The largest absolute Gasteiger partial charge is 0.491 e. The number of nitrogens with one attached hydrogen (secondary N) is 1. The molecule has 0 spiro atoms. The Bertz CT molecular complexity index is 852. The van der Waals surface area contributed by atoms with Gasteiger partial charge in [-0.3, -0.25) is 14.6 Å². The first-order valence-corrected chi connectivity index (χ1v) is 12.9. The fraction of sp³-hybridized carbons (Fsp3) is 0.833. The summed E-state index contributed by atoms with van der Waals surface area (Å²) in [5.74, 6) is -3.72. The summed E-state index contributed by atoms with van der Waals surface area (Å²) < 4.78 is 48.2. The first-order chi connectivity index (χ1) is 17.6. The number of esters is 2. The van der Waals surface area contributed by atoms with Gasteiger partial charge in [0.25, 0.3) is 6.08 Å². The van der Waals surface area contributed by atoms with Crippen LogP contribution in [0.25, 0.3) is 0 Å². The maximum Gasteiger partial charge on any atom is 0.491 e. The van der Waals surface area contributed by atoms with Crippen molar-refractivity contribution in [1.29, 1.82) is 0 Å². The molecule has 10 nitrogen and oxygen atoms in total. The molecular weight excluding hydrogens is 497 g/mol. The Morgan fingerprint density at radius 1 is 1.05 bits per heavy atom. The molecule has 3 fully saturated rings. The fourth-order valence-corrected chi connectivity index (χ4v) is 5.64. The number of likely N-dealkylation sites (tertiary alicyclic amines) is 1. The predicted molar refractivity (Wildman–Crippen MR) is 123 cm³/mol. The zero-order chi connectivity index (χ0) is 27.0. The number of carbonyl (C=O) groups is 3. The van der Waals surface area contributed by atoms with Crippen molar-refractivity contribution in [1.82, 2.24) is 15.2 Å². The zero-order valence-electron chi connectivity index (χ0n) is 21.0. The van der Waals surface area contributed by atoms with Crippen molar-refractivity contribution in [2.75, 3.05) is 26.7 Å². The molecule has 3 aliphatic rings. The lowest BCUT2D eigenvalue weighted by Crippen LogP contribution is -2.52. The SMILES string of the molecule is COC(=O)CCC1CCN(C(=O)C2CCC(N(N=C=O)C3CCNCC3)CC2)C(OC(=O)C(F)(F)F)C1. The van der Waals surface area contributed by atoms with Gasteiger partial charge in [-0.25, -0.2) is 9.59 Å². The van der Waals surface area contributed by atoms with E-state index < -0.39 is 30.3 Å². The van der Waals surface area contributed by atoms with Crippen molar-refractivity contribution in [3.63, 3.8) is 0 Å². The van der Waals surface area contributed by atoms with E-state index in [-0.39, 0.29) is 43.3 Å². The van der Waals surface area contributed by atoms with Crippen LogP contribution < -0.4 is 5.32 Å². The minimum absolute atomic E-state index is 0.0171. The van der Waals surface area contributed by atoms with E-state index in [0.29, 0.717) is 38.5 Å². The molecule has 2 unspecified atom stereocenters. The van der Waals surface area contributed by atoms with Crippen LogP contribution in [0.4, 0.5) is 13.2 Å². The van der Waals surface area contributed by atoms with Crippen molar-refractivity contribution in [2.45, 2.75) is 88.7 Å².